The monoisotopic (exact) mass is 284 g/mol. The van der Waals surface area contributed by atoms with Crippen molar-refractivity contribution in [2.24, 2.45) is 11.3 Å². The third-order valence-corrected chi connectivity index (χ3v) is 4.32. The van der Waals surface area contributed by atoms with E-state index in [2.05, 4.69) is 17.6 Å². The molecule has 1 atom stereocenters. The lowest BCUT2D eigenvalue weighted by Gasteiger charge is -2.32. The first-order chi connectivity index (χ1) is 9.30. The molecule has 116 valence electrons. The number of amides is 2. The lowest BCUT2D eigenvalue weighted by Crippen LogP contribution is -2.46. The highest BCUT2D eigenvalue weighted by molar-refractivity contribution is 5.74. The molecule has 1 aliphatic rings. The minimum Gasteiger partial charge on any atom is -0.481 e. The van der Waals surface area contributed by atoms with Crippen molar-refractivity contribution < 1.29 is 14.7 Å². The first-order valence-corrected chi connectivity index (χ1v) is 7.56. The van der Waals surface area contributed by atoms with Gasteiger partial charge < -0.3 is 15.7 Å². The van der Waals surface area contributed by atoms with Gasteiger partial charge in [0.25, 0.3) is 0 Å². The van der Waals surface area contributed by atoms with Gasteiger partial charge in [-0.3, -0.25) is 4.79 Å². The van der Waals surface area contributed by atoms with Crippen LogP contribution in [0.3, 0.4) is 0 Å². The van der Waals surface area contributed by atoms with E-state index in [0.717, 1.165) is 6.42 Å². The van der Waals surface area contributed by atoms with Gasteiger partial charge in [0.2, 0.25) is 0 Å². The predicted octanol–water partition coefficient (Wildman–Crippen LogP) is 2.76. The third kappa shape index (κ3) is 6.26. The van der Waals surface area contributed by atoms with Crippen LogP contribution in [0.1, 0.15) is 59.3 Å². The molecule has 0 aromatic heterocycles. The molecular weight excluding hydrogens is 256 g/mol. The number of carboxylic acid groups (broad SMARTS) is 1. The second-order valence-electron chi connectivity index (χ2n) is 6.69. The number of urea groups is 1. The van der Waals surface area contributed by atoms with Gasteiger partial charge in [0.15, 0.2) is 0 Å². The maximum atomic E-state index is 11.7. The van der Waals surface area contributed by atoms with Gasteiger partial charge in [-0.05, 0) is 43.9 Å². The molecule has 1 aliphatic carbocycles. The van der Waals surface area contributed by atoms with Crippen molar-refractivity contribution in [3.05, 3.63) is 0 Å². The van der Waals surface area contributed by atoms with Crippen molar-refractivity contribution in [2.75, 3.05) is 6.54 Å². The minimum atomic E-state index is -0.766. The maximum absolute atomic E-state index is 11.7. The highest BCUT2D eigenvalue weighted by atomic mass is 16.4. The highest BCUT2D eigenvalue weighted by Gasteiger charge is 2.25. The Morgan fingerprint density at radius 1 is 1.30 bits per heavy atom. The van der Waals surface area contributed by atoms with Gasteiger partial charge in [-0.2, -0.15) is 0 Å². The number of aliphatic carboxylic acids is 1. The highest BCUT2D eigenvalue weighted by Crippen LogP contribution is 2.29. The molecule has 1 saturated carbocycles. The summed E-state index contributed by atoms with van der Waals surface area (Å²) in [5, 5.41) is 14.5. The average molecular weight is 284 g/mol. The molecule has 0 aromatic rings. The molecule has 1 rings (SSSR count). The molecular formula is C15H28N2O3. The normalized spacial score (nSPS) is 17.1. The fourth-order valence-electron chi connectivity index (χ4n) is 2.40. The Morgan fingerprint density at radius 3 is 2.45 bits per heavy atom. The number of carbonyl (C=O) groups excluding carboxylic acids is 1. The number of nitrogens with one attached hydrogen (secondary N) is 2. The Morgan fingerprint density at radius 2 is 1.95 bits per heavy atom. The molecule has 0 bridgehead atoms. The Balaban J connectivity index is 2.15. The van der Waals surface area contributed by atoms with Crippen LogP contribution >= 0.6 is 0 Å². The summed E-state index contributed by atoms with van der Waals surface area (Å²) in [6.07, 6.45) is 5.29. The Bertz CT molecular complexity index is 338. The van der Waals surface area contributed by atoms with Crippen LogP contribution in [-0.4, -0.2) is 29.7 Å². The smallest absolute Gasteiger partial charge is 0.315 e. The molecule has 5 nitrogen and oxygen atoms in total. The Kier molecular flexibility index (Phi) is 6.30. The zero-order valence-corrected chi connectivity index (χ0v) is 12.9. The second-order valence-corrected chi connectivity index (χ2v) is 6.69. The first-order valence-electron chi connectivity index (χ1n) is 7.56. The molecule has 3 N–H and O–H groups in total. The third-order valence-electron chi connectivity index (χ3n) is 4.32. The lowest BCUT2D eigenvalue weighted by molar-refractivity contribution is -0.137. The van der Waals surface area contributed by atoms with Crippen molar-refractivity contribution in [1.82, 2.24) is 10.6 Å². The zero-order chi connectivity index (χ0) is 15.2. The van der Waals surface area contributed by atoms with E-state index >= 15 is 0 Å². The largest absolute Gasteiger partial charge is 0.481 e. The summed E-state index contributed by atoms with van der Waals surface area (Å²) in [6, 6.07) is 0.127. The van der Waals surface area contributed by atoms with Crippen LogP contribution in [0, 0.1) is 11.3 Å². The predicted molar refractivity (Wildman–Crippen MR) is 78.6 cm³/mol. The molecule has 1 unspecified atom stereocenters. The Hall–Kier alpha value is -1.26. The number of hydrogen-bond acceptors (Lipinski definition) is 2. The van der Waals surface area contributed by atoms with Crippen molar-refractivity contribution >= 4 is 12.0 Å². The molecule has 1 fully saturated rings. The van der Waals surface area contributed by atoms with Crippen LogP contribution in [0.2, 0.25) is 0 Å². The van der Waals surface area contributed by atoms with Crippen LogP contribution in [0.4, 0.5) is 4.79 Å². The molecule has 0 radical (unpaired) electrons. The van der Waals surface area contributed by atoms with E-state index in [1.165, 1.54) is 19.3 Å². The fraction of sp³-hybridized carbons (Fsp3) is 0.867. The summed E-state index contributed by atoms with van der Waals surface area (Å²) < 4.78 is 0. The fourth-order valence-corrected chi connectivity index (χ4v) is 2.40. The molecule has 0 saturated heterocycles. The first kappa shape index (κ1) is 16.8. The molecule has 0 aromatic carbocycles. The van der Waals surface area contributed by atoms with Crippen molar-refractivity contribution in [3.8, 4) is 0 Å². The second kappa shape index (κ2) is 7.50. The van der Waals surface area contributed by atoms with Gasteiger partial charge in [-0.25, -0.2) is 4.79 Å². The van der Waals surface area contributed by atoms with Crippen LogP contribution in [-0.2, 0) is 4.79 Å². The van der Waals surface area contributed by atoms with E-state index < -0.39 is 5.97 Å². The van der Waals surface area contributed by atoms with Crippen LogP contribution < -0.4 is 10.6 Å². The van der Waals surface area contributed by atoms with Crippen molar-refractivity contribution in [2.45, 2.75) is 65.3 Å². The summed E-state index contributed by atoms with van der Waals surface area (Å²) in [4.78, 5) is 22.3. The van der Waals surface area contributed by atoms with Crippen LogP contribution in [0.25, 0.3) is 0 Å². The van der Waals surface area contributed by atoms with Crippen LogP contribution in [0.5, 0.6) is 0 Å². The average Bonchev–Trinajstić information content (AvgIpc) is 2.23. The maximum Gasteiger partial charge on any atom is 0.315 e. The topological polar surface area (TPSA) is 78.4 Å². The summed E-state index contributed by atoms with van der Waals surface area (Å²) in [5.74, 6) is -0.133. The standard InChI is InChI=1S/C15H28N2O3/c1-11(12-5-4-6-12)17-14(20)16-10-9-15(2,3)8-7-13(18)19/h11-12H,4-10H2,1-3H3,(H,18,19)(H2,16,17,20). The molecule has 0 spiro atoms. The van der Waals surface area contributed by atoms with E-state index in [4.69, 9.17) is 5.11 Å². The summed E-state index contributed by atoms with van der Waals surface area (Å²) in [5.41, 5.74) is -0.0642. The van der Waals surface area contributed by atoms with Gasteiger partial charge in [0.05, 0.1) is 0 Å². The molecule has 0 aliphatic heterocycles. The summed E-state index contributed by atoms with van der Waals surface area (Å²) in [6.45, 7) is 6.70. The summed E-state index contributed by atoms with van der Waals surface area (Å²) in [7, 11) is 0. The van der Waals surface area contributed by atoms with Gasteiger partial charge >= 0.3 is 12.0 Å². The van der Waals surface area contributed by atoms with Gasteiger partial charge in [0, 0.05) is 19.0 Å². The van der Waals surface area contributed by atoms with Crippen molar-refractivity contribution in [3.63, 3.8) is 0 Å². The van der Waals surface area contributed by atoms with E-state index in [0.29, 0.717) is 18.9 Å². The number of carboxylic acids is 1. The van der Waals surface area contributed by atoms with E-state index in [9.17, 15) is 9.59 Å². The van der Waals surface area contributed by atoms with Crippen molar-refractivity contribution in [1.29, 1.82) is 0 Å². The van der Waals surface area contributed by atoms with E-state index in [1.54, 1.807) is 0 Å². The number of rotatable bonds is 8. The number of carbonyl (C=O) groups is 2. The SMILES string of the molecule is CC(NC(=O)NCCC(C)(C)CCC(=O)O)C1CCC1. The van der Waals surface area contributed by atoms with Gasteiger partial charge in [0.1, 0.15) is 0 Å². The molecule has 2 amide bonds. The molecule has 20 heavy (non-hydrogen) atoms. The summed E-state index contributed by atoms with van der Waals surface area (Å²) >= 11 is 0. The minimum absolute atomic E-state index is 0.0642. The molecule has 5 heteroatoms. The van der Waals surface area contributed by atoms with E-state index in [-0.39, 0.29) is 23.9 Å². The molecule has 0 heterocycles. The number of hydrogen-bond donors (Lipinski definition) is 3. The van der Waals surface area contributed by atoms with Crippen LogP contribution in [0.15, 0.2) is 0 Å². The quantitative estimate of drug-likeness (QED) is 0.641. The zero-order valence-electron chi connectivity index (χ0n) is 12.9. The Labute approximate surface area is 121 Å². The van der Waals surface area contributed by atoms with Gasteiger partial charge in [-0.15, -0.1) is 0 Å². The van der Waals surface area contributed by atoms with E-state index in [1.807, 2.05) is 13.8 Å². The lowest BCUT2D eigenvalue weighted by atomic mass is 9.80. The van der Waals surface area contributed by atoms with Gasteiger partial charge in [-0.1, -0.05) is 20.3 Å².